The number of methoxy groups -OCH3 is 1. The first-order chi connectivity index (χ1) is 12.9. The number of rotatable bonds is 5. The molecule has 1 aliphatic carbocycles. The van der Waals surface area contributed by atoms with Crippen molar-refractivity contribution in [1.82, 2.24) is 15.3 Å². The summed E-state index contributed by atoms with van der Waals surface area (Å²) in [6.07, 6.45) is 3.95. The number of nitrogens with zero attached hydrogens (tertiary/aromatic N) is 2. The SMILES string of the molecule is COc1cc(-c2ccc(C(=O)NC3(C(N)=O)CCCCC3)cc2)nc(N)n1. The van der Waals surface area contributed by atoms with Crippen molar-refractivity contribution in [2.75, 3.05) is 12.8 Å². The van der Waals surface area contributed by atoms with Crippen molar-refractivity contribution in [3.05, 3.63) is 35.9 Å². The van der Waals surface area contributed by atoms with Crippen LogP contribution in [0.25, 0.3) is 11.3 Å². The van der Waals surface area contributed by atoms with E-state index in [0.717, 1.165) is 24.8 Å². The summed E-state index contributed by atoms with van der Waals surface area (Å²) in [5, 5.41) is 2.86. The third-order valence-corrected chi connectivity index (χ3v) is 4.90. The van der Waals surface area contributed by atoms with Gasteiger partial charge >= 0.3 is 0 Å². The van der Waals surface area contributed by atoms with Gasteiger partial charge in [0.1, 0.15) is 5.54 Å². The van der Waals surface area contributed by atoms with E-state index in [1.165, 1.54) is 7.11 Å². The van der Waals surface area contributed by atoms with Crippen LogP contribution in [0.15, 0.2) is 30.3 Å². The van der Waals surface area contributed by atoms with Gasteiger partial charge in [-0.05, 0) is 25.0 Å². The van der Waals surface area contributed by atoms with Gasteiger partial charge in [0.05, 0.1) is 12.8 Å². The Morgan fingerprint density at radius 2 is 1.78 bits per heavy atom. The molecule has 27 heavy (non-hydrogen) atoms. The highest BCUT2D eigenvalue weighted by atomic mass is 16.5. The molecular weight excluding hydrogens is 346 g/mol. The highest BCUT2D eigenvalue weighted by molar-refractivity contribution is 5.99. The van der Waals surface area contributed by atoms with Crippen molar-refractivity contribution in [1.29, 1.82) is 0 Å². The molecule has 2 aromatic rings. The van der Waals surface area contributed by atoms with E-state index in [0.29, 0.717) is 30.0 Å². The maximum absolute atomic E-state index is 12.6. The minimum atomic E-state index is -0.956. The molecule has 1 aliphatic rings. The Morgan fingerprint density at radius 1 is 1.11 bits per heavy atom. The Labute approximate surface area is 157 Å². The average Bonchev–Trinajstić information content (AvgIpc) is 2.68. The number of carbonyl (C=O) groups is 2. The molecule has 1 saturated carbocycles. The number of aromatic nitrogens is 2. The Morgan fingerprint density at radius 3 is 2.37 bits per heavy atom. The van der Waals surface area contributed by atoms with E-state index in [9.17, 15) is 9.59 Å². The maximum atomic E-state index is 12.6. The van der Waals surface area contributed by atoms with Crippen molar-refractivity contribution in [2.24, 2.45) is 5.73 Å². The normalized spacial score (nSPS) is 15.7. The molecule has 0 saturated heterocycles. The number of primary amides is 1. The zero-order valence-corrected chi connectivity index (χ0v) is 15.2. The number of benzene rings is 1. The number of hydrogen-bond acceptors (Lipinski definition) is 6. The summed E-state index contributed by atoms with van der Waals surface area (Å²) in [7, 11) is 1.50. The molecule has 1 fully saturated rings. The van der Waals surface area contributed by atoms with Gasteiger partial charge in [0, 0.05) is 17.2 Å². The molecule has 0 atom stereocenters. The van der Waals surface area contributed by atoms with Crippen molar-refractivity contribution < 1.29 is 14.3 Å². The van der Waals surface area contributed by atoms with Gasteiger partial charge in [-0.25, -0.2) is 4.98 Å². The Bertz CT molecular complexity index is 845. The smallest absolute Gasteiger partial charge is 0.252 e. The summed E-state index contributed by atoms with van der Waals surface area (Å²) >= 11 is 0. The lowest BCUT2D eigenvalue weighted by Gasteiger charge is -2.35. The van der Waals surface area contributed by atoms with Gasteiger partial charge in [-0.2, -0.15) is 4.98 Å². The highest BCUT2D eigenvalue weighted by Crippen LogP contribution is 2.28. The van der Waals surface area contributed by atoms with E-state index in [4.69, 9.17) is 16.2 Å². The van der Waals surface area contributed by atoms with Crippen LogP contribution < -0.4 is 21.5 Å². The number of anilines is 1. The number of amides is 2. The van der Waals surface area contributed by atoms with Crippen LogP contribution in [0.4, 0.5) is 5.95 Å². The quantitative estimate of drug-likeness (QED) is 0.734. The van der Waals surface area contributed by atoms with Crippen LogP contribution in [0.1, 0.15) is 42.5 Å². The first kappa shape index (κ1) is 18.6. The molecule has 3 rings (SSSR count). The predicted molar refractivity (Wildman–Crippen MR) is 101 cm³/mol. The molecule has 1 heterocycles. The summed E-state index contributed by atoms with van der Waals surface area (Å²) < 4.78 is 5.10. The first-order valence-electron chi connectivity index (χ1n) is 8.85. The molecular formula is C19H23N5O3. The monoisotopic (exact) mass is 369 g/mol. The fourth-order valence-electron chi connectivity index (χ4n) is 3.37. The van der Waals surface area contributed by atoms with E-state index in [1.54, 1.807) is 30.3 Å². The molecule has 0 spiro atoms. The van der Waals surface area contributed by atoms with Crippen molar-refractivity contribution in [2.45, 2.75) is 37.6 Å². The molecule has 142 valence electrons. The number of nitrogen functional groups attached to an aromatic ring is 1. The second-order valence-corrected chi connectivity index (χ2v) is 6.69. The molecule has 0 aliphatic heterocycles. The zero-order valence-electron chi connectivity index (χ0n) is 15.2. The van der Waals surface area contributed by atoms with Gasteiger partial charge in [-0.15, -0.1) is 0 Å². The molecule has 8 heteroatoms. The van der Waals surface area contributed by atoms with Gasteiger partial charge in [0.2, 0.25) is 17.7 Å². The third-order valence-electron chi connectivity index (χ3n) is 4.90. The van der Waals surface area contributed by atoms with Crippen LogP contribution in [-0.4, -0.2) is 34.4 Å². The van der Waals surface area contributed by atoms with E-state index in [2.05, 4.69) is 15.3 Å². The summed E-state index contributed by atoms with van der Waals surface area (Å²) in [4.78, 5) is 32.7. The number of nitrogens with one attached hydrogen (secondary N) is 1. The molecule has 5 N–H and O–H groups in total. The first-order valence-corrected chi connectivity index (χ1v) is 8.85. The molecule has 0 radical (unpaired) electrons. The molecule has 2 amide bonds. The third kappa shape index (κ3) is 3.99. The summed E-state index contributed by atoms with van der Waals surface area (Å²) in [5.74, 6) is -0.329. The maximum Gasteiger partial charge on any atom is 0.252 e. The Hall–Kier alpha value is -3.16. The van der Waals surface area contributed by atoms with Gasteiger partial charge in [0.15, 0.2) is 0 Å². The molecule has 1 aromatic carbocycles. The molecule has 0 bridgehead atoms. The topological polar surface area (TPSA) is 133 Å². The van der Waals surface area contributed by atoms with Crippen molar-refractivity contribution >= 4 is 17.8 Å². The van der Waals surface area contributed by atoms with Crippen LogP contribution in [0.2, 0.25) is 0 Å². The zero-order chi connectivity index (χ0) is 19.4. The minimum absolute atomic E-state index is 0.104. The second kappa shape index (κ2) is 7.61. The standard InChI is InChI=1S/C19H23N5O3/c1-27-15-11-14(22-18(21)23-15)12-5-7-13(8-6-12)16(25)24-19(17(20)26)9-3-2-4-10-19/h5-8,11H,2-4,9-10H2,1H3,(H2,20,26)(H,24,25)(H2,21,22,23). The number of carbonyl (C=O) groups excluding carboxylic acids is 2. The molecule has 1 aromatic heterocycles. The summed E-state index contributed by atoms with van der Waals surface area (Å²) in [5.41, 5.74) is 12.1. The lowest BCUT2D eigenvalue weighted by Crippen LogP contribution is -2.58. The fraction of sp³-hybridized carbons (Fsp3) is 0.368. The minimum Gasteiger partial charge on any atom is -0.481 e. The Kier molecular flexibility index (Phi) is 5.25. The van der Waals surface area contributed by atoms with Crippen LogP contribution >= 0.6 is 0 Å². The second-order valence-electron chi connectivity index (χ2n) is 6.69. The van der Waals surface area contributed by atoms with Gasteiger partial charge < -0.3 is 21.5 Å². The Balaban J connectivity index is 1.79. The average molecular weight is 369 g/mol. The lowest BCUT2D eigenvalue weighted by molar-refractivity contribution is -0.125. The van der Waals surface area contributed by atoms with Crippen molar-refractivity contribution in [3.8, 4) is 17.1 Å². The van der Waals surface area contributed by atoms with E-state index in [-0.39, 0.29) is 11.9 Å². The molecule has 0 unspecified atom stereocenters. The molecule has 8 nitrogen and oxygen atoms in total. The van der Waals surface area contributed by atoms with Gasteiger partial charge in [-0.3, -0.25) is 9.59 Å². The van der Waals surface area contributed by atoms with Crippen LogP contribution in [0, 0.1) is 0 Å². The van der Waals surface area contributed by atoms with E-state index < -0.39 is 11.4 Å². The van der Waals surface area contributed by atoms with Crippen molar-refractivity contribution in [3.63, 3.8) is 0 Å². The largest absolute Gasteiger partial charge is 0.481 e. The predicted octanol–water partition coefficient (Wildman–Crippen LogP) is 1.65. The van der Waals surface area contributed by atoms with Crippen LogP contribution in [-0.2, 0) is 4.79 Å². The number of hydrogen-bond donors (Lipinski definition) is 3. The number of nitrogens with two attached hydrogens (primary N) is 2. The summed E-state index contributed by atoms with van der Waals surface area (Å²) in [6, 6.07) is 8.53. The highest BCUT2D eigenvalue weighted by Gasteiger charge is 2.39. The fourth-order valence-corrected chi connectivity index (χ4v) is 3.37. The van der Waals surface area contributed by atoms with Crippen LogP contribution in [0.5, 0.6) is 5.88 Å². The van der Waals surface area contributed by atoms with E-state index in [1.807, 2.05) is 0 Å². The lowest BCUT2D eigenvalue weighted by atomic mass is 9.81. The van der Waals surface area contributed by atoms with E-state index >= 15 is 0 Å². The van der Waals surface area contributed by atoms with Gasteiger partial charge in [-0.1, -0.05) is 31.4 Å². The van der Waals surface area contributed by atoms with Crippen LogP contribution in [0.3, 0.4) is 0 Å². The van der Waals surface area contributed by atoms with Gasteiger partial charge in [0.25, 0.3) is 5.91 Å². The summed E-state index contributed by atoms with van der Waals surface area (Å²) in [6.45, 7) is 0. The number of ether oxygens (including phenoxy) is 1.